The summed E-state index contributed by atoms with van der Waals surface area (Å²) in [6.45, 7) is 3.64. The van der Waals surface area contributed by atoms with E-state index in [0.29, 0.717) is 37.8 Å². The third-order valence-corrected chi connectivity index (χ3v) is 6.53. The Morgan fingerprint density at radius 2 is 1.94 bits per heavy atom. The van der Waals surface area contributed by atoms with Crippen LogP contribution in [-0.4, -0.2) is 53.7 Å². The predicted octanol–water partition coefficient (Wildman–Crippen LogP) is 2.92. The van der Waals surface area contributed by atoms with E-state index < -0.39 is 10.0 Å². The van der Waals surface area contributed by atoms with E-state index in [1.54, 1.807) is 12.3 Å². The van der Waals surface area contributed by atoms with Gasteiger partial charge in [0, 0.05) is 31.4 Å². The second-order valence-corrected chi connectivity index (χ2v) is 9.98. The molecule has 3 rings (SSSR count). The first kappa shape index (κ1) is 24.6. The molecule has 0 unspecified atom stereocenters. The van der Waals surface area contributed by atoms with Crippen molar-refractivity contribution in [3.63, 3.8) is 0 Å². The van der Waals surface area contributed by atoms with E-state index in [9.17, 15) is 13.5 Å². The van der Waals surface area contributed by atoms with Crippen LogP contribution in [0.2, 0.25) is 0 Å². The Morgan fingerprint density at radius 3 is 2.67 bits per heavy atom. The SMILES string of the molecule is Cc1cc(CCNc2nccc(-c3cccc(CN(CCCN)S(C)(=O)=O)c3)n2)ccc1O. The molecule has 0 saturated heterocycles. The van der Waals surface area contributed by atoms with Crippen LogP contribution in [0.15, 0.2) is 54.7 Å². The molecule has 33 heavy (non-hydrogen) atoms. The summed E-state index contributed by atoms with van der Waals surface area (Å²) < 4.78 is 25.7. The Balaban J connectivity index is 1.68. The predicted molar refractivity (Wildman–Crippen MR) is 131 cm³/mol. The molecule has 0 radical (unpaired) electrons. The number of nitrogens with one attached hydrogen (secondary N) is 1. The fourth-order valence-corrected chi connectivity index (χ4v) is 4.30. The van der Waals surface area contributed by atoms with Gasteiger partial charge in [0.15, 0.2) is 0 Å². The molecule has 8 nitrogen and oxygen atoms in total. The van der Waals surface area contributed by atoms with Crippen LogP contribution in [0.4, 0.5) is 5.95 Å². The van der Waals surface area contributed by atoms with E-state index in [2.05, 4.69) is 15.3 Å². The second kappa shape index (κ2) is 11.2. The molecule has 1 heterocycles. The van der Waals surface area contributed by atoms with Crippen molar-refractivity contribution in [2.75, 3.05) is 31.2 Å². The fourth-order valence-electron chi connectivity index (χ4n) is 3.46. The van der Waals surface area contributed by atoms with Crippen molar-refractivity contribution in [2.45, 2.75) is 26.3 Å². The first-order valence-electron chi connectivity index (χ1n) is 10.9. The first-order chi connectivity index (χ1) is 15.8. The molecule has 0 atom stereocenters. The highest BCUT2D eigenvalue weighted by Crippen LogP contribution is 2.21. The summed E-state index contributed by atoms with van der Waals surface area (Å²) in [5.41, 5.74) is 10.0. The van der Waals surface area contributed by atoms with Gasteiger partial charge < -0.3 is 16.2 Å². The highest BCUT2D eigenvalue weighted by molar-refractivity contribution is 7.88. The Hall–Kier alpha value is -3.01. The molecule has 0 spiro atoms. The third-order valence-electron chi connectivity index (χ3n) is 5.28. The highest BCUT2D eigenvalue weighted by Gasteiger charge is 2.16. The van der Waals surface area contributed by atoms with E-state index in [4.69, 9.17) is 5.73 Å². The molecule has 2 aromatic carbocycles. The van der Waals surface area contributed by atoms with Crippen LogP contribution in [0, 0.1) is 6.92 Å². The Labute approximate surface area is 195 Å². The summed E-state index contributed by atoms with van der Waals surface area (Å²) >= 11 is 0. The number of phenols is 1. The summed E-state index contributed by atoms with van der Waals surface area (Å²) in [6, 6.07) is 15.1. The first-order valence-corrected chi connectivity index (χ1v) is 12.7. The quantitative estimate of drug-likeness (QED) is 0.395. The Kier molecular flexibility index (Phi) is 8.37. The molecule has 0 amide bonds. The maximum atomic E-state index is 12.1. The van der Waals surface area contributed by atoms with Gasteiger partial charge in [0.2, 0.25) is 16.0 Å². The second-order valence-electron chi connectivity index (χ2n) is 8.00. The molecular weight excluding hydrogens is 438 g/mol. The minimum absolute atomic E-state index is 0.287. The third kappa shape index (κ3) is 7.24. The maximum absolute atomic E-state index is 12.1. The van der Waals surface area contributed by atoms with Gasteiger partial charge in [-0.2, -0.15) is 4.31 Å². The van der Waals surface area contributed by atoms with Crippen LogP contribution in [0.3, 0.4) is 0 Å². The zero-order chi connectivity index (χ0) is 23.8. The van der Waals surface area contributed by atoms with Gasteiger partial charge in [-0.05, 0) is 61.2 Å². The van der Waals surface area contributed by atoms with Crippen molar-refractivity contribution in [2.24, 2.45) is 5.73 Å². The van der Waals surface area contributed by atoms with Gasteiger partial charge in [-0.25, -0.2) is 18.4 Å². The normalized spacial score (nSPS) is 11.6. The topological polar surface area (TPSA) is 121 Å². The van der Waals surface area contributed by atoms with Crippen molar-refractivity contribution < 1.29 is 13.5 Å². The van der Waals surface area contributed by atoms with Crippen molar-refractivity contribution in [1.29, 1.82) is 0 Å². The van der Waals surface area contributed by atoms with E-state index in [1.165, 1.54) is 10.6 Å². The minimum atomic E-state index is -3.33. The van der Waals surface area contributed by atoms with Crippen LogP contribution < -0.4 is 11.1 Å². The van der Waals surface area contributed by atoms with Gasteiger partial charge in [0.05, 0.1) is 11.9 Å². The van der Waals surface area contributed by atoms with E-state index >= 15 is 0 Å². The van der Waals surface area contributed by atoms with Gasteiger partial charge in [0.25, 0.3) is 0 Å². The van der Waals surface area contributed by atoms with Gasteiger partial charge >= 0.3 is 0 Å². The lowest BCUT2D eigenvalue weighted by Gasteiger charge is -2.20. The maximum Gasteiger partial charge on any atom is 0.223 e. The monoisotopic (exact) mass is 469 g/mol. The molecule has 0 saturated carbocycles. The minimum Gasteiger partial charge on any atom is -0.508 e. The number of rotatable bonds is 11. The van der Waals surface area contributed by atoms with E-state index in [-0.39, 0.29) is 6.54 Å². The average molecular weight is 470 g/mol. The van der Waals surface area contributed by atoms with Crippen LogP contribution in [0.1, 0.15) is 23.1 Å². The number of hydrogen-bond donors (Lipinski definition) is 3. The Bertz CT molecular complexity index is 1180. The molecule has 0 fully saturated rings. The van der Waals surface area contributed by atoms with Crippen LogP contribution in [-0.2, 0) is 23.0 Å². The lowest BCUT2D eigenvalue weighted by molar-refractivity contribution is 0.405. The number of nitrogens with two attached hydrogens (primary N) is 1. The number of hydrogen-bond acceptors (Lipinski definition) is 7. The van der Waals surface area contributed by atoms with Crippen molar-refractivity contribution in [1.82, 2.24) is 14.3 Å². The Morgan fingerprint density at radius 1 is 1.12 bits per heavy atom. The van der Waals surface area contributed by atoms with Gasteiger partial charge in [-0.15, -0.1) is 0 Å². The number of phenolic OH excluding ortho intramolecular Hbond substituents is 1. The lowest BCUT2D eigenvalue weighted by atomic mass is 10.1. The highest BCUT2D eigenvalue weighted by atomic mass is 32.2. The van der Waals surface area contributed by atoms with Crippen molar-refractivity contribution in [3.8, 4) is 17.0 Å². The fraction of sp³-hybridized carbons (Fsp3) is 0.333. The smallest absolute Gasteiger partial charge is 0.223 e. The molecule has 0 aliphatic heterocycles. The van der Waals surface area contributed by atoms with Crippen molar-refractivity contribution in [3.05, 3.63) is 71.4 Å². The molecular formula is C24H31N5O3S. The lowest BCUT2D eigenvalue weighted by Crippen LogP contribution is -2.31. The molecule has 176 valence electrons. The zero-order valence-electron chi connectivity index (χ0n) is 19.0. The van der Waals surface area contributed by atoms with Gasteiger partial charge in [-0.1, -0.05) is 30.3 Å². The summed E-state index contributed by atoms with van der Waals surface area (Å²) in [5.74, 6) is 0.818. The molecule has 3 aromatic rings. The standard InChI is InChI=1S/C24H31N5O3S/c1-18-15-19(7-8-23(18)30)9-12-26-24-27-13-10-22(28-24)21-6-3-5-20(16-21)17-29(14-4-11-25)33(2,31)32/h3,5-8,10,13,15-16,30H,4,9,11-12,14,17,25H2,1-2H3,(H,26,27,28). The number of nitrogens with zero attached hydrogens (tertiary/aromatic N) is 3. The number of sulfonamides is 1. The number of aromatic nitrogens is 2. The number of benzene rings is 2. The van der Waals surface area contributed by atoms with E-state index in [1.807, 2.05) is 49.4 Å². The van der Waals surface area contributed by atoms with Crippen molar-refractivity contribution >= 4 is 16.0 Å². The number of aromatic hydroxyl groups is 1. The van der Waals surface area contributed by atoms with Crippen LogP contribution in [0.25, 0.3) is 11.3 Å². The molecule has 1 aromatic heterocycles. The largest absolute Gasteiger partial charge is 0.508 e. The van der Waals surface area contributed by atoms with Gasteiger partial charge in [0.1, 0.15) is 5.75 Å². The summed E-state index contributed by atoms with van der Waals surface area (Å²) in [6.07, 6.45) is 4.30. The summed E-state index contributed by atoms with van der Waals surface area (Å²) in [7, 11) is -3.33. The molecule has 0 bridgehead atoms. The zero-order valence-corrected chi connectivity index (χ0v) is 19.8. The van der Waals surface area contributed by atoms with Gasteiger partial charge in [-0.3, -0.25) is 0 Å². The van der Waals surface area contributed by atoms with E-state index in [0.717, 1.165) is 34.4 Å². The summed E-state index contributed by atoms with van der Waals surface area (Å²) in [5, 5.41) is 12.9. The van der Waals surface area contributed by atoms with Crippen LogP contribution in [0.5, 0.6) is 5.75 Å². The molecule has 9 heteroatoms. The molecule has 4 N–H and O–H groups in total. The number of aryl methyl sites for hydroxylation is 1. The number of anilines is 1. The molecule has 0 aliphatic carbocycles. The average Bonchev–Trinajstić information content (AvgIpc) is 2.79. The van der Waals surface area contributed by atoms with Crippen LogP contribution >= 0.6 is 0 Å². The summed E-state index contributed by atoms with van der Waals surface area (Å²) in [4.78, 5) is 8.92. The molecule has 0 aliphatic rings.